The SMILES string of the molecule is Cc1ccsc1C(C(=O)O)N1CCNCC1C. The van der Waals surface area contributed by atoms with Gasteiger partial charge in [0.1, 0.15) is 6.04 Å². The molecule has 2 heterocycles. The Morgan fingerprint density at radius 1 is 1.71 bits per heavy atom. The van der Waals surface area contributed by atoms with Crippen molar-refractivity contribution in [2.24, 2.45) is 0 Å². The molecular formula is C12H18N2O2S. The van der Waals surface area contributed by atoms with Gasteiger partial charge in [-0.1, -0.05) is 0 Å². The number of hydrogen-bond acceptors (Lipinski definition) is 4. The van der Waals surface area contributed by atoms with Gasteiger partial charge in [0.15, 0.2) is 0 Å². The van der Waals surface area contributed by atoms with Gasteiger partial charge in [0, 0.05) is 30.6 Å². The number of carboxylic acids is 1. The van der Waals surface area contributed by atoms with Crippen LogP contribution in [0.1, 0.15) is 23.4 Å². The van der Waals surface area contributed by atoms with Crippen molar-refractivity contribution in [2.45, 2.75) is 25.9 Å². The molecule has 1 fully saturated rings. The maximum absolute atomic E-state index is 11.5. The average Bonchev–Trinajstić information content (AvgIpc) is 2.68. The summed E-state index contributed by atoms with van der Waals surface area (Å²) in [4.78, 5) is 14.6. The molecule has 94 valence electrons. The predicted molar refractivity (Wildman–Crippen MR) is 68.5 cm³/mol. The first-order chi connectivity index (χ1) is 8.11. The fourth-order valence-corrected chi connectivity index (χ4v) is 3.35. The van der Waals surface area contributed by atoms with Crippen molar-refractivity contribution >= 4 is 17.3 Å². The monoisotopic (exact) mass is 254 g/mol. The Kier molecular flexibility index (Phi) is 3.81. The molecule has 2 N–H and O–H groups in total. The second kappa shape index (κ2) is 5.16. The van der Waals surface area contributed by atoms with Crippen LogP contribution < -0.4 is 5.32 Å². The number of carbonyl (C=O) groups is 1. The van der Waals surface area contributed by atoms with E-state index in [1.165, 1.54) is 11.3 Å². The molecule has 0 spiro atoms. The highest BCUT2D eigenvalue weighted by atomic mass is 32.1. The van der Waals surface area contributed by atoms with Crippen molar-refractivity contribution in [2.75, 3.05) is 19.6 Å². The van der Waals surface area contributed by atoms with Crippen LogP contribution in [-0.2, 0) is 4.79 Å². The zero-order valence-corrected chi connectivity index (χ0v) is 11.0. The minimum atomic E-state index is -0.746. The van der Waals surface area contributed by atoms with Crippen LogP contribution in [0.2, 0.25) is 0 Å². The second-order valence-electron chi connectivity index (χ2n) is 4.50. The van der Waals surface area contributed by atoms with Crippen LogP contribution >= 0.6 is 11.3 Å². The first-order valence-electron chi connectivity index (χ1n) is 5.84. The maximum Gasteiger partial charge on any atom is 0.326 e. The summed E-state index contributed by atoms with van der Waals surface area (Å²) in [6.07, 6.45) is 0. The van der Waals surface area contributed by atoms with Crippen LogP contribution in [0, 0.1) is 6.92 Å². The summed E-state index contributed by atoms with van der Waals surface area (Å²) in [6.45, 7) is 6.56. The lowest BCUT2D eigenvalue weighted by Gasteiger charge is -2.37. The van der Waals surface area contributed by atoms with Crippen LogP contribution in [0.25, 0.3) is 0 Å². The van der Waals surface area contributed by atoms with Crippen molar-refractivity contribution in [3.8, 4) is 0 Å². The molecule has 1 aromatic heterocycles. The number of nitrogens with zero attached hydrogens (tertiary/aromatic N) is 1. The number of thiophene rings is 1. The number of rotatable bonds is 3. The van der Waals surface area contributed by atoms with Gasteiger partial charge in [-0.25, -0.2) is 0 Å². The van der Waals surface area contributed by atoms with E-state index in [1.54, 1.807) is 0 Å². The molecule has 2 rings (SSSR count). The van der Waals surface area contributed by atoms with Gasteiger partial charge in [-0.15, -0.1) is 11.3 Å². The van der Waals surface area contributed by atoms with Gasteiger partial charge in [0.2, 0.25) is 0 Å². The molecule has 1 aliphatic rings. The fraction of sp³-hybridized carbons (Fsp3) is 0.583. The molecule has 4 nitrogen and oxygen atoms in total. The van der Waals surface area contributed by atoms with Gasteiger partial charge in [-0.05, 0) is 30.9 Å². The lowest BCUT2D eigenvalue weighted by atomic mass is 10.1. The molecule has 2 unspecified atom stereocenters. The Morgan fingerprint density at radius 2 is 2.47 bits per heavy atom. The third-order valence-corrected chi connectivity index (χ3v) is 4.34. The van der Waals surface area contributed by atoms with E-state index in [1.807, 2.05) is 18.4 Å². The van der Waals surface area contributed by atoms with Gasteiger partial charge >= 0.3 is 5.97 Å². The van der Waals surface area contributed by atoms with Gasteiger partial charge in [0.05, 0.1) is 0 Å². The van der Waals surface area contributed by atoms with Gasteiger partial charge < -0.3 is 10.4 Å². The summed E-state index contributed by atoms with van der Waals surface area (Å²) in [5, 5.41) is 14.7. The summed E-state index contributed by atoms with van der Waals surface area (Å²) in [7, 11) is 0. The third-order valence-electron chi connectivity index (χ3n) is 3.27. The van der Waals surface area contributed by atoms with Crippen molar-refractivity contribution in [1.29, 1.82) is 0 Å². The first kappa shape index (κ1) is 12.5. The number of nitrogens with one attached hydrogen (secondary N) is 1. The highest BCUT2D eigenvalue weighted by molar-refractivity contribution is 7.10. The Hall–Kier alpha value is -0.910. The zero-order chi connectivity index (χ0) is 12.4. The van der Waals surface area contributed by atoms with E-state index in [4.69, 9.17) is 0 Å². The molecule has 0 amide bonds. The highest BCUT2D eigenvalue weighted by Gasteiger charge is 2.33. The smallest absolute Gasteiger partial charge is 0.326 e. The van der Waals surface area contributed by atoms with E-state index in [2.05, 4.69) is 17.1 Å². The first-order valence-corrected chi connectivity index (χ1v) is 6.72. The molecule has 0 saturated carbocycles. The summed E-state index contributed by atoms with van der Waals surface area (Å²) in [6, 6.07) is 1.75. The lowest BCUT2D eigenvalue weighted by Crippen LogP contribution is -2.52. The quantitative estimate of drug-likeness (QED) is 0.858. The fourth-order valence-electron chi connectivity index (χ4n) is 2.31. The van der Waals surface area contributed by atoms with Crippen molar-refractivity contribution in [3.63, 3.8) is 0 Å². The van der Waals surface area contributed by atoms with E-state index in [0.29, 0.717) is 0 Å². The third kappa shape index (κ3) is 2.51. The topological polar surface area (TPSA) is 52.6 Å². The van der Waals surface area contributed by atoms with Crippen molar-refractivity contribution in [3.05, 3.63) is 21.9 Å². The summed E-state index contributed by atoms with van der Waals surface area (Å²) in [5.41, 5.74) is 1.08. The number of hydrogen-bond donors (Lipinski definition) is 2. The molecular weight excluding hydrogens is 236 g/mol. The molecule has 1 saturated heterocycles. The Labute approximate surface area is 105 Å². The molecule has 1 aliphatic heterocycles. The average molecular weight is 254 g/mol. The van der Waals surface area contributed by atoms with Crippen LogP contribution in [0.5, 0.6) is 0 Å². The van der Waals surface area contributed by atoms with Gasteiger partial charge in [-0.3, -0.25) is 9.69 Å². The lowest BCUT2D eigenvalue weighted by molar-refractivity contribution is -0.144. The van der Waals surface area contributed by atoms with Crippen LogP contribution in [0.3, 0.4) is 0 Å². The number of aryl methyl sites for hydroxylation is 1. The largest absolute Gasteiger partial charge is 0.480 e. The summed E-state index contributed by atoms with van der Waals surface area (Å²) in [5.74, 6) is -0.746. The molecule has 0 radical (unpaired) electrons. The Morgan fingerprint density at radius 3 is 3.00 bits per heavy atom. The Bertz CT molecular complexity index is 405. The normalized spacial score (nSPS) is 23.5. The number of aliphatic carboxylic acids is 1. The van der Waals surface area contributed by atoms with E-state index < -0.39 is 12.0 Å². The second-order valence-corrected chi connectivity index (χ2v) is 5.45. The van der Waals surface area contributed by atoms with Crippen molar-refractivity contribution < 1.29 is 9.90 Å². The van der Waals surface area contributed by atoms with Gasteiger partial charge in [-0.2, -0.15) is 0 Å². The molecule has 0 aromatic carbocycles. The summed E-state index contributed by atoms with van der Waals surface area (Å²) >= 11 is 1.54. The molecule has 0 aliphatic carbocycles. The minimum Gasteiger partial charge on any atom is -0.480 e. The van der Waals surface area contributed by atoms with E-state index >= 15 is 0 Å². The van der Waals surface area contributed by atoms with E-state index in [9.17, 15) is 9.90 Å². The molecule has 5 heteroatoms. The minimum absolute atomic E-state index is 0.256. The van der Waals surface area contributed by atoms with Crippen molar-refractivity contribution in [1.82, 2.24) is 10.2 Å². The Balaban J connectivity index is 2.29. The van der Waals surface area contributed by atoms with Crippen LogP contribution in [-0.4, -0.2) is 41.7 Å². The zero-order valence-electron chi connectivity index (χ0n) is 10.1. The summed E-state index contributed by atoms with van der Waals surface area (Å²) < 4.78 is 0. The highest BCUT2D eigenvalue weighted by Crippen LogP contribution is 2.30. The number of carboxylic acid groups (broad SMARTS) is 1. The predicted octanol–water partition coefficient (Wildman–Crippen LogP) is 1.48. The molecule has 1 aromatic rings. The standard InChI is InChI=1S/C12H18N2O2S/c1-8-3-6-17-11(8)10(12(15)16)14-5-4-13-7-9(14)2/h3,6,9-10,13H,4-5,7H2,1-2H3,(H,15,16). The number of piperazine rings is 1. The van der Waals surface area contributed by atoms with Crippen LogP contribution in [0.15, 0.2) is 11.4 Å². The van der Waals surface area contributed by atoms with E-state index in [-0.39, 0.29) is 6.04 Å². The molecule has 0 bridgehead atoms. The molecule has 2 atom stereocenters. The maximum atomic E-state index is 11.5. The van der Waals surface area contributed by atoms with Crippen LogP contribution in [0.4, 0.5) is 0 Å². The molecule has 17 heavy (non-hydrogen) atoms. The van der Waals surface area contributed by atoms with E-state index in [0.717, 1.165) is 30.1 Å². The van der Waals surface area contributed by atoms with Gasteiger partial charge in [0.25, 0.3) is 0 Å².